The highest BCUT2D eigenvalue weighted by molar-refractivity contribution is 5.78. The van der Waals surface area contributed by atoms with E-state index in [1.54, 1.807) is 6.07 Å². The zero-order valence-electron chi connectivity index (χ0n) is 9.37. The van der Waals surface area contributed by atoms with Crippen LogP contribution < -0.4 is 10.6 Å². The number of aromatic hydroxyl groups is 1. The molecule has 1 aromatic rings. The molecule has 1 aromatic carbocycles. The number of rotatable bonds is 5. The number of hydrogen-bond donors (Lipinski definition) is 3. The standard InChI is InChI=1S/C12H15FN2O2/c13-10-3-1-2-8(12(10)17)6-14-7-11(16)15-9-4-5-9/h1-3,9,14,17H,4-7H2,(H,15,16). The predicted molar refractivity (Wildman–Crippen MR) is 60.9 cm³/mol. The van der Waals surface area contributed by atoms with Gasteiger partial charge in [-0.05, 0) is 18.9 Å². The fourth-order valence-electron chi connectivity index (χ4n) is 1.52. The molecule has 0 aliphatic heterocycles. The summed E-state index contributed by atoms with van der Waals surface area (Å²) >= 11 is 0. The zero-order valence-corrected chi connectivity index (χ0v) is 9.37. The van der Waals surface area contributed by atoms with E-state index in [4.69, 9.17) is 0 Å². The van der Waals surface area contributed by atoms with E-state index >= 15 is 0 Å². The Balaban J connectivity index is 1.77. The molecule has 0 bridgehead atoms. The first kappa shape index (κ1) is 11.9. The van der Waals surface area contributed by atoms with Gasteiger partial charge in [-0.15, -0.1) is 0 Å². The third-order valence-electron chi connectivity index (χ3n) is 2.61. The molecule has 0 atom stereocenters. The van der Waals surface area contributed by atoms with Crippen LogP contribution in [0.4, 0.5) is 4.39 Å². The maximum Gasteiger partial charge on any atom is 0.234 e. The van der Waals surface area contributed by atoms with Crippen LogP contribution in [0.25, 0.3) is 0 Å². The van der Waals surface area contributed by atoms with Crippen LogP contribution in [-0.4, -0.2) is 23.6 Å². The highest BCUT2D eigenvalue weighted by atomic mass is 19.1. The van der Waals surface area contributed by atoms with Gasteiger partial charge in [-0.25, -0.2) is 4.39 Å². The molecule has 5 heteroatoms. The summed E-state index contributed by atoms with van der Waals surface area (Å²) in [4.78, 5) is 11.3. The Hall–Kier alpha value is -1.62. The lowest BCUT2D eigenvalue weighted by molar-refractivity contribution is -0.120. The maximum absolute atomic E-state index is 13.0. The second-order valence-corrected chi connectivity index (χ2v) is 4.19. The van der Waals surface area contributed by atoms with Crippen LogP contribution in [0.1, 0.15) is 18.4 Å². The Morgan fingerprint density at radius 3 is 2.94 bits per heavy atom. The number of halogens is 1. The van der Waals surface area contributed by atoms with Crippen molar-refractivity contribution >= 4 is 5.91 Å². The first-order valence-corrected chi connectivity index (χ1v) is 5.63. The largest absolute Gasteiger partial charge is 0.505 e. The zero-order chi connectivity index (χ0) is 12.3. The second kappa shape index (κ2) is 5.14. The van der Waals surface area contributed by atoms with Crippen LogP contribution >= 0.6 is 0 Å². The van der Waals surface area contributed by atoms with Gasteiger partial charge in [0.15, 0.2) is 11.6 Å². The molecular weight excluding hydrogens is 223 g/mol. The molecule has 92 valence electrons. The summed E-state index contributed by atoms with van der Waals surface area (Å²) < 4.78 is 13.0. The normalized spacial score (nSPS) is 14.6. The molecule has 1 saturated carbocycles. The highest BCUT2D eigenvalue weighted by Gasteiger charge is 2.22. The summed E-state index contributed by atoms with van der Waals surface area (Å²) in [6.07, 6.45) is 2.10. The molecule has 0 spiro atoms. The lowest BCUT2D eigenvalue weighted by atomic mass is 10.2. The molecule has 0 saturated heterocycles. The minimum atomic E-state index is -0.647. The number of carbonyl (C=O) groups excluding carboxylic acids is 1. The number of nitrogens with one attached hydrogen (secondary N) is 2. The molecule has 1 aliphatic rings. The first-order valence-electron chi connectivity index (χ1n) is 5.63. The third-order valence-corrected chi connectivity index (χ3v) is 2.61. The van der Waals surface area contributed by atoms with Crippen molar-refractivity contribution in [2.45, 2.75) is 25.4 Å². The van der Waals surface area contributed by atoms with E-state index in [9.17, 15) is 14.3 Å². The summed E-state index contributed by atoms with van der Waals surface area (Å²) in [5, 5.41) is 15.1. The Morgan fingerprint density at radius 1 is 1.47 bits per heavy atom. The van der Waals surface area contributed by atoms with Crippen LogP contribution in [0.15, 0.2) is 18.2 Å². The lowest BCUT2D eigenvalue weighted by Gasteiger charge is -2.07. The average molecular weight is 238 g/mol. The number of amides is 1. The average Bonchev–Trinajstić information content (AvgIpc) is 3.08. The Labute approximate surface area is 98.8 Å². The summed E-state index contributed by atoms with van der Waals surface area (Å²) in [6.45, 7) is 0.439. The van der Waals surface area contributed by atoms with Gasteiger partial charge < -0.3 is 15.7 Å². The van der Waals surface area contributed by atoms with E-state index in [2.05, 4.69) is 10.6 Å². The molecule has 0 heterocycles. The van der Waals surface area contributed by atoms with E-state index < -0.39 is 5.82 Å². The Kier molecular flexibility index (Phi) is 3.58. The highest BCUT2D eigenvalue weighted by Crippen LogP contribution is 2.20. The second-order valence-electron chi connectivity index (χ2n) is 4.19. The number of benzene rings is 1. The van der Waals surface area contributed by atoms with Gasteiger partial charge in [0, 0.05) is 18.2 Å². The van der Waals surface area contributed by atoms with Crippen molar-refractivity contribution in [3.63, 3.8) is 0 Å². The number of phenolic OH excluding ortho intramolecular Hbond substituents is 1. The smallest absolute Gasteiger partial charge is 0.234 e. The number of carbonyl (C=O) groups is 1. The SMILES string of the molecule is O=C(CNCc1cccc(F)c1O)NC1CC1. The van der Waals surface area contributed by atoms with Gasteiger partial charge in [-0.2, -0.15) is 0 Å². The minimum Gasteiger partial charge on any atom is -0.505 e. The fourth-order valence-corrected chi connectivity index (χ4v) is 1.52. The number of hydrogen-bond acceptors (Lipinski definition) is 3. The molecule has 1 amide bonds. The van der Waals surface area contributed by atoms with E-state index in [0.717, 1.165) is 12.8 Å². The maximum atomic E-state index is 13.0. The molecule has 0 unspecified atom stereocenters. The van der Waals surface area contributed by atoms with Crippen molar-refractivity contribution < 1.29 is 14.3 Å². The van der Waals surface area contributed by atoms with Crippen LogP contribution in [0, 0.1) is 5.82 Å². The minimum absolute atomic E-state index is 0.0663. The van der Waals surface area contributed by atoms with Crippen molar-refractivity contribution in [2.75, 3.05) is 6.54 Å². The molecular formula is C12H15FN2O2. The van der Waals surface area contributed by atoms with Crippen molar-refractivity contribution in [1.82, 2.24) is 10.6 Å². The van der Waals surface area contributed by atoms with Crippen molar-refractivity contribution in [3.8, 4) is 5.75 Å². The van der Waals surface area contributed by atoms with Crippen LogP contribution in [-0.2, 0) is 11.3 Å². The quantitative estimate of drug-likeness (QED) is 0.714. The molecule has 1 aliphatic carbocycles. The Bertz CT molecular complexity index is 419. The van der Waals surface area contributed by atoms with Crippen LogP contribution in [0.3, 0.4) is 0 Å². The van der Waals surface area contributed by atoms with E-state index in [1.807, 2.05) is 0 Å². The number of phenols is 1. The molecule has 0 radical (unpaired) electrons. The Morgan fingerprint density at radius 2 is 2.24 bits per heavy atom. The van der Waals surface area contributed by atoms with Crippen molar-refractivity contribution in [3.05, 3.63) is 29.6 Å². The third kappa shape index (κ3) is 3.42. The first-order chi connectivity index (χ1) is 8.16. The summed E-state index contributed by atoms with van der Waals surface area (Å²) in [5.41, 5.74) is 0.448. The summed E-state index contributed by atoms with van der Waals surface area (Å²) in [7, 11) is 0. The van der Waals surface area contributed by atoms with Gasteiger partial charge in [-0.1, -0.05) is 12.1 Å². The molecule has 0 aromatic heterocycles. The van der Waals surface area contributed by atoms with E-state index in [0.29, 0.717) is 11.6 Å². The molecule has 3 N–H and O–H groups in total. The molecule has 2 rings (SSSR count). The summed E-state index contributed by atoms with van der Waals surface area (Å²) in [5.74, 6) is -1.07. The van der Waals surface area contributed by atoms with Gasteiger partial charge in [0.2, 0.25) is 5.91 Å². The molecule has 1 fully saturated rings. The van der Waals surface area contributed by atoms with E-state index in [-0.39, 0.29) is 24.7 Å². The van der Waals surface area contributed by atoms with Gasteiger partial charge >= 0.3 is 0 Å². The van der Waals surface area contributed by atoms with Crippen molar-refractivity contribution in [2.24, 2.45) is 0 Å². The van der Waals surface area contributed by atoms with Crippen molar-refractivity contribution in [1.29, 1.82) is 0 Å². The fraction of sp³-hybridized carbons (Fsp3) is 0.417. The summed E-state index contributed by atoms with van der Waals surface area (Å²) in [6, 6.07) is 4.67. The van der Waals surface area contributed by atoms with Crippen LogP contribution in [0.2, 0.25) is 0 Å². The topological polar surface area (TPSA) is 61.4 Å². The van der Waals surface area contributed by atoms with E-state index in [1.165, 1.54) is 12.1 Å². The monoisotopic (exact) mass is 238 g/mol. The van der Waals surface area contributed by atoms with Gasteiger partial charge in [0.05, 0.1) is 6.54 Å². The number of para-hydroxylation sites is 1. The van der Waals surface area contributed by atoms with Crippen LogP contribution in [0.5, 0.6) is 5.75 Å². The predicted octanol–water partition coefficient (Wildman–Crippen LogP) is 0.900. The molecule has 4 nitrogen and oxygen atoms in total. The van der Waals surface area contributed by atoms with Gasteiger partial charge in [0.1, 0.15) is 0 Å². The van der Waals surface area contributed by atoms with Gasteiger partial charge in [0.25, 0.3) is 0 Å². The van der Waals surface area contributed by atoms with Gasteiger partial charge in [-0.3, -0.25) is 4.79 Å². The molecule has 17 heavy (non-hydrogen) atoms. The lowest BCUT2D eigenvalue weighted by Crippen LogP contribution is -2.34.